The summed E-state index contributed by atoms with van der Waals surface area (Å²) in [6.45, 7) is 6.82. The molecule has 4 saturated carbocycles. The van der Waals surface area contributed by atoms with E-state index in [2.05, 4.69) is 19.0 Å². The van der Waals surface area contributed by atoms with Crippen LogP contribution in [-0.4, -0.2) is 52.1 Å². The Kier molecular flexibility index (Phi) is 8.19. The van der Waals surface area contributed by atoms with Crippen molar-refractivity contribution in [2.45, 2.75) is 78.2 Å². The first-order chi connectivity index (χ1) is 16.4. The van der Waals surface area contributed by atoms with Crippen molar-refractivity contribution in [1.82, 2.24) is 0 Å². The Balaban J connectivity index is 0.000000371. The second kappa shape index (κ2) is 10.6. The van der Waals surface area contributed by atoms with Gasteiger partial charge in [-0.1, -0.05) is 19.0 Å². The van der Waals surface area contributed by atoms with Gasteiger partial charge in [0, 0.05) is 42.4 Å². The lowest BCUT2D eigenvalue weighted by atomic mass is 9.45. The van der Waals surface area contributed by atoms with Crippen LogP contribution >= 0.6 is 0 Å². The molecule has 0 bridgehead atoms. The van der Waals surface area contributed by atoms with Crippen LogP contribution in [-0.2, 0) is 24.0 Å². The predicted octanol–water partition coefficient (Wildman–Crippen LogP) is 3.21. The van der Waals surface area contributed by atoms with E-state index in [9.17, 15) is 19.2 Å². The van der Waals surface area contributed by atoms with E-state index in [1.54, 1.807) is 0 Å². The Morgan fingerprint density at radius 2 is 1.74 bits per heavy atom. The fourth-order valence-electron chi connectivity index (χ4n) is 7.09. The molecule has 0 saturated heterocycles. The molecule has 0 aromatic carbocycles. The van der Waals surface area contributed by atoms with Crippen molar-refractivity contribution in [3.8, 4) is 0 Å². The minimum absolute atomic E-state index is 0.0362. The zero-order valence-electron chi connectivity index (χ0n) is 20.9. The summed E-state index contributed by atoms with van der Waals surface area (Å²) in [7, 11) is 0. The fourth-order valence-corrected chi connectivity index (χ4v) is 7.09. The van der Waals surface area contributed by atoms with E-state index in [0.717, 1.165) is 44.2 Å². The van der Waals surface area contributed by atoms with E-state index in [-0.39, 0.29) is 22.8 Å². The molecule has 0 amide bonds. The molecular weight excluding hydrogens is 452 g/mol. The second-order valence-corrected chi connectivity index (χ2v) is 11.2. The van der Waals surface area contributed by atoms with Crippen LogP contribution in [0.5, 0.6) is 0 Å². The average Bonchev–Trinajstić information content (AvgIpc) is 3.08. The van der Waals surface area contributed by atoms with Crippen molar-refractivity contribution in [1.29, 1.82) is 0 Å². The number of hydrogen-bond acceptors (Lipinski definition) is 7. The zero-order valence-corrected chi connectivity index (χ0v) is 20.9. The number of fused-ring (bicyclic) bond motifs is 5. The number of carbonyl (C=O) groups excluding carboxylic acids is 2. The van der Waals surface area contributed by atoms with Gasteiger partial charge >= 0.3 is 11.9 Å². The summed E-state index contributed by atoms with van der Waals surface area (Å²) in [5, 5.41) is 19.9. The zero-order chi connectivity index (χ0) is 26.0. The molecule has 4 aliphatic carbocycles. The molecule has 4 fully saturated rings. The van der Waals surface area contributed by atoms with Gasteiger partial charge in [-0.15, -0.1) is 0 Å². The van der Waals surface area contributed by atoms with E-state index in [1.165, 1.54) is 0 Å². The molecule has 4 aliphatic rings. The van der Waals surface area contributed by atoms with Crippen molar-refractivity contribution < 1.29 is 34.2 Å². The van der Waals surface area contributed by atoms with E-state index in [1.807, 2.05) is 6.92 Å². The van der Waals surface area contributed by atoms with E-state index >= 15 is 0 Å². The Labute approximate surface area is 206 Å². The number of aliphatic carboxylic acids is 2. The molecular formula is C26H38N2O7. The van der Waals surface area contributed by atoms with Crippen molar-refractivity contribution >= 4 is 29.2 Å². The van der Waals surface area contributed by atoms with Crippen molar-refractivity contribution in [3.05, 3.63) is 12.2 Å². The van der Waals surface area contributed by atoms with Gasteiger partial charge in [0.1, 0.15) is 18.2 Å². The standard InChI is InChI=1S/C22H34N2O3.C4H4O4/c1-13(23)12-27-24-14-6-8-21(2)17-7-9-22(3)16(4-5-20(22)26)15(17)11-19(25)18(21)10-14;5-3(6)1-2-4(7)8/h13,15-18H,4-12,23H2,1-3H3;1-2H,(H,5,6)(H,7,8)/b24-14+;2-1+/t13-,15+,16+,17+,18-,21-,22+;/m1./s1. The van der Waals surface area contributed by atoms with Gasteiger partial charge < -0.3 is 20.8 Å². The molecule has 0 aromatic rings. The van der Waals surface area contributed by atoms with Crippen LogP contribution in [0.25, 0.3) is 0 Å². The third kappa shape index (κ3) is 5.66. The average molecular weight is 491 g/mol. The largest absolute Gasteiger partial charge is 0.478 e. The molecule has 0 heterocycles. The first-order valence-electron chi connectivity index (χ1n) is 12.5. The third-order valence-electron chi connectivity index (χ3n) is 8.91. The van der Waals surface area contributed by atoms with Gasteiger partial charge in [0.15, 0.2) is 0 Å². The number of Topliss-reactive ketones (excluding diaryl/α,β-unsaturated/α-hetero) is 2. The number of oxime groups is 1. The highest BCUT2D eigenvalue weighted by Crippen LogP contribution is 2.64. The summed E-state index contributed by atoms with van der Waals surface area (Å²) >= 11 is 0. The number of nitrogens with two attached hydrogens (primary N) is 1. The van der Waals surface area contributed by atoms with Crippen molar-refractivity contribution in [2.75, 3.05) is 6.61 Å². The summed E-state index contributed by atoms with van der Waals surface area (Å²) in [5.74, 6) is -0.245. The topological polar surface area (TPSA) is 156 Å². The monoisotopic (exact) mass is 490 g/mol. The van der Waals surface area contributed by atoms with Crippen LogP contribution in [0.15, 0.2) is 17.3 Å². The Bertz CT molecular complexity index is 911. The Morgan fingerprint density at radius 1 is 1.09 bits per heavy atom. The predicted molar refractivity (Wildman–Crippen MR) is 129 cm³/mol. The number of nitrogens with zero attached hydrogens (tertiary/aromatic N) is 1. The number of hydrogen-bond donors (Lipinski definition) is 3. The van der Waals surface area contributed by atoms with Crippen LogP contribution in [0.2, 0.25) is 0 Å². The highest BCUT2D eigenvalue weighted by Gasteiger charge is 2.62. The fraction of sp³-hybridized carbons (Fsp3) is 0.731. The Hall–Kier alpha value is -2.55. The van der Waals surface area contributed by atoms with E-state index < -0.39 is 11.9 Å². The van der Waals surface area contributed by atoms with Crippen LogP contribution in [0.4, 0.5) is 0 Å². The number of rotatable bonds is 5. The molecule has 0 unspecified atom stereocenters. The SMILES string of the molecule is C[C@@H](N)CO/N=C1\CC[C@@]2(C)[C@H](C1)C(=O)C[C@@H]1[C@@H]2CC[C@]2(C)C(=O)CC[C@@H]12.O=C(O)/C=C/C(=O)O. The summed E-state index contributed by atoms with van der Waals surface area (Å²) in [4.78, 5) is 50.2. The highest BCUT2D eigenvalue weighted by molar-refractivity contribution is 5.93. The van der Waals surface area contributed by atoms with Gasteiger partial charge in [-0.2, -0.15) is 0 Å². The van der Waals surface area contributed by atoms with Gasteiger partial charge in [-0.3, -0.25) is 9.59 Å². The summed E-state index contributed by atoms with van der Waals surface area (Å²) in [5.41, 5.74) is 6.62. The molecule has 0 aliphatic heterocycles. The van der Waals surface area contributed by atoms with Gasteiger partial charge in [0.05, 0.1) is 5.71 Å². The lowest BCUT2D eigenvalue weighted by Gasteiger charge is -2.58. The number of carboxylic acids is 2. The molecule has 194 valence electrons. The minimum Gasteiger partial charge on any atom is -0.478 e. The molecule has 9 heteroatoms. The maximum atomic E-state index is 13.2. The van der Waals surface area contributed by atoms with Crippen LogP contribution in [0.3, 0.4) is 0 Å². The molecule has 7 atom stereocenters. The highest BCUT2D eigenvalue weighted by atomic mass is 16.6. The second-order valence-electron chi connectivity index (χ2n) is 11.2. The molecule has 35 heavy (non-hydrogen) atoms. The van der Waals surface area contributed by atoms with Crippen LogP contribution < -0.4 is 5.73 Å². The van der Waals surface area contributed by atoms with Gasteiger partial charge in [0.25, 0.3) is 0 Å². The third-order valence-corrected chi connectivity index (χ3v) is 8.91. The summed E-state index contributed by atoms with van der Waals surface area (Å²) in [6.07, 6.45) is 8.22. The van der Waals surface area contributed by atoms with Gasteiger partial charge in [-0.05, 0) is 68.6 Å². The molecule has 0 spiro atoms. The molecule has 4 rings (SSSR count). The van der Waals surface area contributed by atoms with E-state index in [0.29, 0.717) is 60.9 Å². The lowest BCUT2D eigenvalue weighted by Crippen LogP contribution is -2.56. The first kappa shape index (κ1) is 27.0. The van der Waals surface area contributed by atoms with Gasteiger partial charge in [0.2, 0.25) is 0 Å². The summed E-state index contributed by atoms with van der Waals surface area (Å²) in [6, 6.07) is -0.0362. The van der Waals surface area contributed by atoms with Crippen LogP contribution in [0, 0.1) is 34.5 Å². The van der Waals surface area contributed by atoms with Gasteiger partial charge in [-0.25, -0.2) is 9.59 Å². The molecule has 9 nitrogen and oxygen atoms in total. The number of carboxylic acid groups (broad SMARTS) is 2. The number of ketones is 2. The molecule has 0 radical (unpaired) electrons. The summed E-state index contributed by atoms with van der Waals surface area (Å²) < 4.78 is 0. The van der Waals surface area contributed by atoms with Crippen molar-refractivity contribution in [3.63, 3.8) is 0 Å². The Morgan fingerprint density at radius 3 is 2.34 bits per heavy atom. The minimum atomic E-state index is -1.26. The molecule has 4 N–H and O–H groups in total. The lowest BCUT2D eigenvalue weighted by molar-refractivity contribution is -0.152. The maximum absolute atomic E-state index is 13.2. The smallest absolute Gasteiger partial charge is 0.328 e. The van der Waals surface area contributed by atoms with Crippen molar-refractivity contribution in [2.24, 2.45) is 45.4 Å². The first-order valence-corrected chi connectivity index (χ1v) is 12.5. The normalized spacial score (nSPS) is 38.1. The maximum Gasteiger partial charge on any atom is 0.328 e. The van der Waals surface area contributed by atoms with Crippen LogP contribution in [0.1, 0.15) is 72.1 Å². The van der Waals surface area contributed by atoms with E-state index in [4.69, 9.17) is 20.8 Å². The molecule has 0 aromatic heterocycles. The quantitative estimate of drug-likeness (QED) is 0.392. The number of carbonyl (C=O) groups is 4.